The summed E-state index contributed by atoms with van der Waals surface area (Å²) in [5.74, 6) is -0.0316. The Balaban J connectivity index is 2.02. The molecule has 0 bridgehead atoms. The molecule has 0 aliphatic heterocycles. The second kappa shape index (κ2) is 8.02. The Labute approximate surface area is 149 Å². The van der Waals surface area contributed by atoms with Crippen LogP contribution in [0.1, 0.15) is 30.6 Å². The number of amides is 1. The summed E-state index contributed by atoms with van der Waals surface area (Å²) in [6.45, 7) is 4.33. The van der Waals surface area contributed by atoms with Crippen molar-refractivity contribution in [2.24, 2.45) is 5.92 Å². The zero-order chi connectivity index (χ0) is 17.7. The van der Waals surface area contributed by atoms with E-state index < -0.39 is 15.9 Å². The van der Waals surface area contributed by atoms with Crippen LogP contribution in [0.2, 0.25) is 5.02 Å². The number of hydrogen-bond acceptors (Lipinski definition) is 6. The molecule has 0 radical (unpaired) electrons. The van der Waals surface area contributed by atoms with Gasteiger partial charge in [-0.25, -0.2) is 13.1 Å². The molecule has 1 heterocycles. The Kier molecular flexibility index (Phi) is 6.27. The molecule has 130 valence electrons. The van der Waals surface area contributed by atoms with Gasteiger partial charge in [0, 0.05) is 17.1 Å². The first kappa shape index (κ1) is 18.8. The molecule has 0 unspecified atom stereocenters. The first-order chi connectivity index (χ1) is 11.3. The molecule has 1 aromatic carbocycles. The summed E-state index contributed by atoms with van der Waals surface area (Å²) in [7, 11) is -3.72. The Morgan fingerprint density at radius 1 is 1.25 bits per heavy atom. The zero-order valence-electron chi connectivity index (χ0n) is 13.1. The topological polar surface area (TPSA) is 101 Å². The third kappa shape index (κ3) is 5.23. The summed E-state index contributed by atoms with van der Waals surface area (Å²) in [5.41, 5.74) is 0.383. The average Bonchev–Trinajstić information content (AvgIpc) is 2.96. The maximum Gasteiger partial charge on any atom is 0.269 e. The number of nitrogens with zero attached hydrogens (tertiary/aromatic N) is 2. The lowest BCUT2D eigenvalue weighted by Crippen LogP contribution is -2.25. The molecule has 0 spiro atoms. The van der Waals surface area contributed by atoms with Crippen LogP contribution in [0, 0.1) is 5.92 Å². The summed E-state index contributed by atoms with van der Waals surface area (Å²) < 4.78 is 26.5. The molecule has 2 aromatic rings. The summed E-state index contributed by atoms with van der Waals surface area (Å²) in [5, 5.41) is 10.5. The highest BCUT2D eigenvalue weighted by atomic mass is 35.5. The van der Waals surface area contributed by atoms with Crippen LogP contribution in [0.4, 0.5) is 5.13 Å². The van der Waals surface area contributed by atoms with Gasteiger partial charge in [-0.2, -0.15) is 0 Å². The van der Waals surface area contributed by atoms with Crippen LogP contribution >= 0.6 is 22.9 Å². The lowest BCUT2D eigenvalue weighted by Gasteiger charge is -2.05. The maximum absolute atomic E-state index is 12.1. The number of anilines is 1. The maximum atomic E-state index is 12.1. The normalized spacial score (nSPS) is 11.7. The molecule has 0 aliphatic rings. The van der Waals surface area contributed by atoms with Gasteiger partial charge in [0.15, 0.2) is 0 Å². The molecule has 0 atom stereocenters. The summed E-state index contributed by atoms with van der Waals surface area (Å²) >= 11 is 6.56. The Bertz CT molecular complexity index is 804. The highest BCUT2D eigenvalue weighted by molar-refractivity contribution is 7.91. The van der Waals surface area contributed by atoms with Gasteiger partial charge in [0.1, 0.15) is 0 Å². The third-order valence-electron chi connectivity index (χ3n) is 2.98. The van der Waals surface area contributed by atoms with Gasteiger partial charge in [-0.3, -0.25) is 10.1 Å². The van der Waals surface area contributed by atoms with E-state index in [1.54, 1.807) is 24.3 Å². The first-order valence-corrected chi connectivity index (χ1v) is 9.86. The second-order valence-electron chi connectivity index (χ2n) is 5.41. The molecule has 2 N–H and O–H groups in total. The van der Waals surface area contributed by atoms with E-state index >= 15 is 0 Å². The predicted molar refractivity (Wildman–Crippen MR) is 94.0 cm³/mol. The number of hydrogen-bond donors (Lipinski definition) is 2. The van der Waals surface area contributed by atoms with E-state index in [1.165, 1.54) is 0 Å². The van der Waals surface area contributed by atoms with Crippen LogP contribution in [0.5, 0.6) is 0 Å². The minimum atomic E-state index is -3.72. The highest BCUT2D eigenvalue weighted by Gasteiger charge is 2.20. The first-order valence-electron chi connectivity index (χ1n) is 7.18. The molecule has 2 rings (SSSR count). The molecule has 0 aliphatic carbocycles. The molecule has 10 heteroatoms. The molecular formula is C14H17ClN4O3S2. The number of carbonyl (C=O) groups is 1. The Hall–Kier alpha value is -1.55. The number of carbonyl (C=O) groups excluding carboxylic acids is 1. The van der Waals surface area contributed by atoms with Crippen molar-refractivity contribution < 1.29 is 13.2 Å². The molecule has 0 fully saturated rings. The smallest absolute Gasteiger partial charge is 0.269 e. The van der Waals surface area contributed by atoms with Gasteiger partial charge in [0.2, 0.25) is 9.47 Å². The van der Waals surface area contributed by atoms with Crippen molar-refractivity contribution >= 4 is 44.0 Å². The molecule has 7 nitrogen and oxygen atoms in total. The fourth-order valence-corrected chi connectivity index (χ4v) is 3.79. The minimum absolute atomic E-state index is 0.110. The SMILES string of the molecule is CC(C)CCNS(=O)(=O)c1nnc(NC(=O)c2ccc(Cl)cc2)s1. The zero-order valence-corrected chi connectivity index (χ0v) is 15.5. The van der Waals surface area contributed by atoms with Crippen molar-refractivity contribution in [3.05, 3.63) is 34.9 Å². The number of sulfonamides is 1. The quantitative estimate of drug-likeness (QED) is 0.710. The monoisotopic (exact) mass is 388 g/mol. The van der Waals surface area contributed by atoms with Crippen molar-refractivity contribution in [3.63, 3.8) is 0 Å². The van der Waals surface area contributed by atoms with Crippen molar-refractivity contribution in [2.45, 2.75) is 24.6 Å². The average molecular weight is 389 g/mol. The lowest BCUT2D eigenvalue weighted by molar-refractivity contribution is 0.102. The van der Waals surface area contributed by atoms with E-state index in [0.29, 0.717) is 23.0 Å². The molecule has 24 heavy (non-hydrogen) atoms. The van der Waals surface area contributed by atoms with E-state index in [0.717, 1.165) is 17.8 Å². The van der Waals surface area contributed by atoms with Crippen molar-refractivity contribution in [1.29, 1.82) is 0 Å². The molecule has 1 amide bonds. The van der Waals surface area contributed by atoms with E-state index in [2.05, 4.69) is 20.2 Å². The molecule has 0 saturated carbocycles. The minimum Gasteiger partial charge on any atom is -0.296 e. The van der Waals surface area contributed by atoms with Crippen LogP contribution in [0.3, 0.4) is 0 Å². The van der Waals surface area contributed by atoms with Gasteiger partial charge in [-0.05, 0) is 36.6 Å². The highest BCUT2D eigenvalue weighted by Crippen LogP contribution is 2.20. The third-order valence-corrected chi connectivity index (χ3v) is 5.90. The Morgan fingerprint density at radius 3 is 2.54 bits per heavy atom. The van der Waals surface area contributed by atoms with Gasteiger partial charge in [0.05, 0.1) is 0 Å². The van der Waals surface area contributed by atoms with E-state index in [1.807, 2.05) is 13.8 Å². The van der Waals surface area contributed by atoms with E-state index in [9.17, 15) is 13.2 Å². The standard InChI is InChI=1S/C14H17ClN4O3S2/c1-9(2)7-8-16-24(21,22)14-19-18-13(23-14)17-12(20)10-3-5-11(15)6-4-10/h3-6,9,16H,7-8H2,1-2H3,(H,17,18,20). The lowest BCUT2D eigenvalue weighted by atomic mass is 10.1. The Morgan fingerprint density at radius 2 is 1.92 bits per heavy atom. The van der Waals surface area contributed by atoms with E-state index in [-0.39, 0.29) is 9.47 Å². The fourth-order valence-electron chi connectivity index (χ4n) is 1.68. The largest absolute Gasteiger partial charge is 0.296 e. The number of halogens is 1. The van der Waals surface area contributed by atoms with Crippen molar-refractivity contribution in [2.75, 3.05) is 11.9 Å². The van der Waals surface area contributed by atoms with E-state index in [4.69, 9.17) is 11.6 Å². The van der Waals surface area contributed by atoms with Gasteiger partial charge >= 0.3 is 0 Å². The van der Waals surface area contributed by atoms with Gasteiger partial charge in [-0.15, -0.1) is 10.2 Å². The van der Waals surface area contributed by atoms with Gasteiger partial charge in [-0.1, -0.05) is 36.8 Å². The summed E-state index contributed by atoms with van der Waals surface area (Å²) in [6.07, 6.45) is 0.720. The molecule has 1 aromatic heterocycles. The summed E-state index contributed by atoms with van der Waals surface area (Å²) in [6, 6.07) is 6.30. The van der Waals surface area contributed by atoms with Crippen molar-refractivity contribution in [1.82, 2.24) is 14.9 Å². The van der Waals surface area contributed by atoms with Gasteiger partial charge in [0.25, 0.3) is 15.9 Å². The van der Waals surface area contributed by atoms with Crippen LogP contribution in [-0.2, 0) is 10.0 Å². The summed E-state index contributed by atoms with van der Waals surface area (Å²) in [4.78, 5) is 12.1. The number of benzene rings is 1. The molecular weight excluding hydrogens is 372 g/mol. The van der Waals surface area contributed by atoms with Crippen LogP contribution < -0.4 is 10.0 Å². The predicted octanol–water partition coefficient (Wildman–Crippen LogP) is 2.77. The van der Waals surface area contributed by atoms with Crippen molar-refractivity contribution in [3.8, 4) is 0 Å². The number of rotatable bonds is 7. The van der Waals surface area contributed by atoms with Crippen LogP contribution in [-0.4, -0.2) is 31.1 Å². The van der Waals surface area contributed by atoms with Crippen LogP contribution in [0.15, 0.2) is 28.6 Å². The van der Waals surface area contributed by atoms with Crippen LogP contribution in [0.25, 0.3) is 0 Å². The second-order valence-corrected chi connectivity index (χ2v) is 8.77. The number of nitrogens with one attached hydrogen (secondary N) is 2. The van der Waals surface area contributed by atoms with Gasteiger partial charge < -0.3 is 0 Å². The fraction of sp³-hybridized carbons (Fsp3) is 0.357. The molecule has 0 saturated heterocycles. The number of aromatic nitrogens is 2.